The third-order valence-electron chi connectivity index (χ3n) is 4.80. The molecule has 2 heterocycles. The van der Waals surface area contributed by atoms with Gasteiger partial charge in [-0.05, 0) is 39.8 Å². The average molecular weight is 372 g/mol. The van der Waals surface area contributed by atoms with Crippen LogP contribution in [-0.2, 0) is 6.54 Å². The number of benzene rings is 1. The quantitative estimate of drug-likeness (QED) is 0.664. The molecule has 1 aromatic carbocycles. The number of aromatic nitrogens is 2. The number of aliphatic imine (C=N–C) groups is 1. The van der Waals surface area contributed by atoms with Gasteiger partial charge in [-0.3, -0.25) is 4.99 Å². The van der Waals surface area contributed by atoms with Crippen molar-refractivity contribution in [3.63, 3.8) is 0 Å². The van der Waals surface area contributed by atoms with Gasteiger partial charge in [0.15, 0.2) is 5.96 Å². The third kappa shape index (κ3) is 4.06. The van der Waals surface area contributed by atoms with Crippen LogP contribution in [0.15, 0.2) is 35.3 Å². The van der Waals surface area contributed by atoms with Crippen molar-refractivity contribution >= 4 is 17.7 Å². The molecule has 6 heteroatoms. The first-order valence-electron chi connectivity index (χ1n) is 9.11. The van der Waals surface area contributed by atoms with Crippen molar-refractivity contribution in [2.75, 3.05) is 25.9 Å². The molecule has 140 valence electrons. The Hall–Kier alpha value is -1.95. The lowest BCUT2D eigenvalue weighted by atomic mass is 10.2. The van der Waals surface area contributed by atoms with Gasteiger partial charge in [0.1, 0.15) is 0 Å². The Morgan fingerprint density at radius 3 is 2.65 bits per heavy atom. The predicted octanol–water partition coefficient (Wildman–Crippen LogP) is 3.39. The van der Waals surface area contributed by atoms with Crippen molar-refractivity contribution in [3.8, 4) is 5.69 Å². The van der Waals surface area contributed by atoms with Crippen molar-refractivity contribution < 1.29 is 0 Å². The molecule has 0 amide bonds. The van der Waals surface area contributed by atoms with E-state index in [4.69, 9.17) is 5.10 Å². The first kappa shape index (κ1) is 18.8. The Balaban J connectivity index is 1.74. The number of rotatable bonds is 3. The summed E-state index contributed by atoms with van der Waals surface area (Å²) in [5.74, 6) is 2.11. The van der Waals surface area contributed by atoms with E-state index in [9.17, 15) is 0 Å². The molecule has 0 atom stereocenters. The monoisotopic (exact) mass is 371 g/mol. The minimum absolute atomic E-state index is 0.264. The summed E-state index contributed by atoms with van der Waals surface area (Å²) in [4.78, 5) is 6.88. The van der Waals surface area contributed by atoms with E-state index in [1.54, 1.807) is 0 Å². The summed E-state index contributed by atoms with van der Waals surface area (Å²) >= 11 is 2.03. The largest absolute Gasteiger partial charge is 0.352 e. The fourth-order valence-electron chi connectivity index (χ4n) is 3.45. The average Bonchev–Trinajstić information content (AvgIpc) is 2.90. The molecule has 0 unspecified atom stereocenters. The Morgan fingerprint density at radius 1 is 1.27 bits per heavy atom. The SMILES string of the molecule is CN=C(NCc1c(C)nn(-c2ccccc2)c1C)N1CCSC(C)(C)C1. The van der Waals surface area contributed by atoms with Crippen LogP contribution >= 0.6 is 11.8 Å². The fourth-order valence-corrected chi connectivity index (χ4v) is 4.56. The van der Waals surface area contributed by atoms with Gasteiger partial charge in [-0.25, -0.2) is 4.68 Å². The highest BCUT2D eigenvalue weighted by Crippen LogP contribution is 2.29. The zero-order valence-corrected chi connectivity index (χ0v) is 17.2. The van der Waals surface area contributed by atoms with E-state index in [0.29, 0.717) is 0 Å². The molecular formula is C20H29N5S. The second-order valence-electron chi connectivity index (χ2n) is 7.33. The molecule has 1 aliphatic heterocycles. The number of guanidine groups is 1. The predicted molar refractivity (Wildman–Crippen MR) is 111 cm³/mol. The number of aryl methyl sites for hydroxylation is 1. The van der Waals surface area contributed by atoms with Gasteiger partial charge in [0, 0.05) is 48.4 Å². The van der Waals surface area contributed by atoms with E-state index in [1.807, 2.05) is 41.7 Å². The normalized spacial score (nSPS) is 17.4. The van der Waals surface area contributed by atoms with Crippen LogP contribution in [0.3, 0.4) is 0 Å². The standard InChI is InChI=1S/C20H29N5S/c1-15-18(16(2)25(23-15)17-9-7-6-8-10-17)13-22-19(21-5)24-11-12-26-20(3,4)14-24/h6-10H,11-14H2,1-5H3,(H,21,22). The number of thioether (sulfide) groups is 1. The maximum atomic E-state index is 4.74. The van der Waals surface area contributed by atoms with Crippen LogP contribution in [0.25, 0.3) is 5.69 Å². The van der Waals surface area contributed by atoms with Gasteiger partial charge in [-0.2, -0.15) is 16.9 Å². The van der Waals surface area contributed by atoms with Crippen molar-refractivity contribution in [1.29, 1.82) is 0 Å². The number of hydrogen-bond acceptors (Lipinski definition) is 3. The first-order valence-corrected chi connectivity index (χ1v) is 10.1. The maximum Gasteiger partial charge on any atom is 0.193 e. The number of nitrogens with zero attached hydrogens (tertiary/aromatic N) is 4. The lowest BCUT2D eigenvalue weighted by Gasteiger charge is -2.39. The summed E-state index contributed by atoms with van der Waals surface area (Å²) < 4.78 is 2.29. The molecule has 0 saturated carbocycles. The second-order valence-corrected chi connectivity index (χ2v) is 9.13. The highest BCUT2D eigenvalue weighted by atomic mass is 32.2. The van der Waals surface area contributed by atoms with Crippen molar-refractivity contribution in [2.45, 2.75) is 39.0 Å². The lowest BCUT2D eigenvalue weighted by Crippen LogP contribution is -2.50. The van der Waals surface area contributed by atoms with Gasteiger partial charge < -0.3 is 10.2 Å². The van der Waals surface area contributed by atoms with Crippen molar-refractivity contribution in [3.05, 3.63) is 47.3 Å². The molecule has 1 aromatic heterocycles. The number of para-hydroxylation sites is 1. The Kier molecular flexibility index (Phi) is 5.61. The van der Waals surface area contributed by atoms with Crippen LogP contribution in [0.5, 0.6) is 0 Å². The summed E-state index contributed by atoms with van der Waals surface area (Å²) in [6.45, 7) is 11.6. The maximum absolute atomic E-state index is 4.74. The molecule has 1 N–H and O–H groups in total. The summed E-state index contributed by atoms with van der Waals surface area (Å²) in [5.41, 5.74) is 4.56. The zero-order valence-electron chi connectivity index (χ0n) is 16.4. The lowest BCUT2D eigenvalue weighted by molar-refractivity contribution is 0.375. The minimum Gasteiger partial charge on any atom is -0.352 e. The highest BCUT2D eigenvalue weighted by molar-refractivity contribution is 8.00. The van der Waals surface area contributed by atoms with Gasteiger partial charge in [-0.15, -0.1) is 0 Å². The molecule has 5 nitrogen and oxygen atoms in total. The van der Waals surface area contributed by atoms with Crippen LogP contribution in [0.4, 0.5) is 0 Å². The molecule has 26 heavy (non-hydrogen) atoms. The Labute approximate surface area is 160 Å². The van der Waals surface area contributed by atoms with E-state index in [2.05, 4.69) is 55.0 Å². The van der Waals surface area contributed by atoms with E-state index < -0.39 is 0 Å². The third-order valence-corrected chi connectivity index (χ3v) is 6.10. The number of hydrogen-bond donors (Lipinski definition) is 1. The molecule has 1 fully saturated rings. The van der Waals surface area contributed by atoms with Gasteiger partial charge in [0.25, 0.3) is 0 Å². The van der Waals surface area contributed by atoms with E-state index in [0.717, 1.165) is 42.7 Å². The van der Waals surface area contributed by atoms with Crippen LogP contribution in [0.2, 0.25) is 0 Å². The van der Waals surface area contributed by atoms with E-state index >= 15 is 0 Å². The Bertz CT molecular complexity index is 779. The molecular weight excluding hydrogens is 342 g/mol. The van der Waals surface area contributed by atoms with Crippen LogP contribution < -0.4 is 5.32 Å². The molecule has 1 aliphatic rings. The molecule has 1 saturated heterocycles. The summed E-state index contributed by atoms with van der Waals surface area (Å²) in [6, 6.07) is 10.3. The van der Waals surface area contributed by atoms with Crippen molar-refractivity contribution in [2.24, 2.45) is 4.99 Å². The van der Waals surface area contributed by atoms with Gasteiger partial charge in [0.2, 0.25) is 0 Å². The van der Waals surface area contributed by atoms with Gasteiger partial charge >= 0.3 is 0 Å². The van der Waals surface area contributed by atoms with Crippen molar-refractivity contribution in [1.82, 2.24) is 20.0 Å². The summed E-state index contributed by atoms with van der Waals surface area (Å²) in [5, 5.41) is 8.29. The smallest absolute Gasteiger partial charge is 0.193 e. The fraction of sp³-hybridized carbons (Fsp3) is 0.500. The zero-order chi connectivity index (χ0) is 18.7. The summed E-state index contributed by atoms with van der Waals surface area (Å²) in [6.07, 6.45) is 0. The minimum atomic E-state index is 0.264. The van der Waals surface area contributed by atoms with Gasteiger partial charge in [0.05, 0.1) is 11.4 Å². The Morgan fingerprint density at radius 2 is 2.00 bits per heavy atom. The van der Waals surface area contributed by atoms with Crippen LogP contribution in [-0.4, -0.2) is 51.3 Å². The first-order chi connectivity index (χ1) is 12.4. The topological polar surface area (TPSA) is 45.5 Å². The molecule has 0 spiro atoms. The molecule has 0 aliphatic carbocycles. The summed E-state index contributed by atoms with van der Waals surface area (Å²) in [7, 11) is 1.87. The second kappa shape index (κ2) is 7.74. The highest BCUT2D eigenvalue weighted by Gasteiger charge is 2.28. The molecule has 0 bridgehead atoms. The molecule has 0 radical (unpaired) electrons. The van der Waals surface area contributed by atoms with Crippen LogP contribution in [0.1, 0.15) is 30.8 Å². The molecule has 2 aromatic rings. The number of nitrogens with one attached hydrogen (secondary N) is 1. The van der Waals surface area contributed by atoms with E-state index in [1.165, 1.54) is 11.3 Å². The van der Waals surface area contributed by atoms with E-state index in [-0.39, 0.29) is 4.75 Å². The molecule has 3 rings (SSSR count). The van der Waals surface area contributed by atoms with Gasteiger partial charge in [-0.1, -0.05) is 18.2 Å². The van der Waals surface area contributed by atoms with Crippen LogP contribution in [0, 0.1) is 13.8 Å².